The van der Waals surface area contributed by atoms with Crippen LogP contribution in [0.15, 0.2) is 36.4 Å². The van der Waals surface area contributed by atoms with E-state index in [-0.39, 0.29) is 5.75 Å². The second-order valence-corrected chi connectivity index (χ2v) is 4.60. The molecular formula is C15H16ClNO3. The van der Waals surface area contributed by atoms with Gasteiger partial charge in [0, 0.05) is 24.2 Å². The van der Waals surface area contributed by atoms with Gasteiger partial charge in [0.25, 0.3) is 0 Å². The van der Waals surface area contributed by atoms with Crippen molar-refractivity contribution in [1.29, 1.82) is 0 Å². The van der Waals surface area contributed by atoms with Gasteiger partial charge in [-0.1, -0.05) is 11.6 Å². The van der Waals surface area contributed by atoms with Crippen molar-refractivity contribution in [2.24, 2.45) is 0 Å². The number of hydrogen-bond acceptors (Lipinski definition) is 4. The van der Waals surface area contributed by atoms with Crippen molar-refractivity contribution in [2.45, 2.75) is 6.54 Å². The number of hydrogen-bond donors (Lipinski definition) is 2. The van der Waals surface area contributed by atoms with Gasteiger partial charge in [0.15, 0.2) is 0 Å². The number of nitrogens with one attached hydrogen (secondary N) is 1. The van der Waals surface area contributed by atoms with Gasteiger partial charge >= 0.3 is 0 Å². The quantitative estimate of drug-likeness (QED) is 0.883. The maximum absolute atomic E-state index is 9.89. The van der Waals surface area contributed by atoms with Crippen LogP contribution in [-0.2, 0) is 6.54 Å². The molecule has 0 bridgehead atoms. The molecule has 0 aliphatic rings. The van der Waals surface area contributed by atoms with Gasteiger partial charge in [0.1, 0.15) is 17.2 Å². The molecule has 106 valence electrons. The van der Waals surface area contributed by atoms with Crippen LogP contribution < -0.4 is 14.8 Å². The fraction of sp³-hybridized carbons (Fsp3) is 0.200. The van der Waals surface area contributed by atoms with E-state index in [1.54, 1.807) is 44.6 Å². The van der Waals surface area contributed by atoms with Gasteiger partial charge in [-0.2, -0.15) is 0 Å². The summed E-state index contributed by atoms with van der Waals surface area (Å²) in [5.74, 6) is 1.51. The average molecular weight is 294 g/mol. The second kappa shape index (κ2) is 6.39. The van der Waals surface area contributed by atoms with Gasteiger partial charge in [-0.25, -0.2) is 0 Å². The molecule has 2 aromatic rings. The van der Waals surface area contributed by atoms with Crippen molar-refractivity contribution >= 4 is 17.3 Å². The number of halogens is 1. The van der Waals surface area contributed by atoms with Crippen molar-refractivity contribution < 1.29 is 14.6 Å². The molecule has 0 aromatic heterocycles. The fourth-order valence-corrected chi connectivity index (χ4v) is 1.96. The lowest BCUT2D eigenvalue weighted by atomic mass is 10.2. The molecule has 0 aliphatic carbocycles. The van der Waals surface area contributed by atoms with Gasteiger partial charge in [-0.05, 0) is 24.3 Å². The molecule has 0 aliphatic heterocycles. The molecule has 0 saturated carbocycles. The molecule has 0 amide bonds. The van der Waals surface area contributed by atoms with Crippen molar-refractivity contribution in [2.75, 3.05) is 19.5 Å². The van der Waals surface area contributed by atoms with E-state index in [4.69, 9.17) is 21.1 Å². The van der Waals surface area contributed by atoms with Crippen LogP contribution in [0.3, 0.4) is 0 Å². The van der Waals surface area contributed by atoms with E-state index in [1.807, 2.05) is 6.07 Å². The first kappa shape index (κ1) is 14.3. The van der Waals surface area contributed by atoms with E-state index in [9.17, 15) is 5.11 Å². The van der Waals surface area contributed by atoms with Crippen molar-refractivity contribution in [3.05, 3.63) is 47.0 Å². The molecule has 20 heavy (non-hydrogen) atoms. The first-order valence-electron chi connectivity index (χ1n) is 6.07. The second-order valence-electron chi connectivity index (χ2n) is 4.19. The predicted molar refractivity (Wildman–Crippen MR) is 80.0 cm³/mol. The summed E-state index contributed by atoms with van der Waals surface area (Å²) in [4.78, 5) is 0. The molecule has 2 N–H and O–H groups in total. The summed E-state index contributed by atoms with van der Waals surface area (Å²) in [5, 5.41) is 13.7. The number of anilines is 1. The Balaban J connectivity index is 2.12. The number of aromatic hydroxyl groups is 1. The summed E-state index contributed by atoms with van der Waals surface area (Å²) in [5.41, 5.74) is 1.51. The minimum atomic E-state index is 0.177. The molecule has 0 spiro atoms. The van der Waals surface area contributed by atoms with Gasteiger partial charge in [-0.3, -0.25) is 0 Å². The molecule has 0 radical (unpaired) electrons. The lowest BCUT2D eigenvalue weighted by molar-refractivity contribution is 0.406. The van der Waals surface area contributed by atoms with Crippen LogP contribution in [0.1, 0.15) is 5.56 Å². The Labute approximate surface area is 122 Å². The Hall–Kier alpha value is -2.07. The molecule has 0 heterocycles. The third kappa shape index (κ3) is 3.27. The maximum Gasteiger partial charge on any atom is 0.124 e. The minimum absolute atomic E-state index is 0.177. The van der Waals surface area contributed by atoms with Crippen LogP contribution in [0.2, 0.25) is 5.02 Å². The molecule has 0 atom stereocenters. The molecule has 0 unspecified atom stereocenters. The van der Waals surface area contributed by atoms with Crippen molar-refractivity contribution in [3.63, 3.8) is 0 Å². The lowest BCUT2D eigenvalue weighted by Crippen LogP contribution is -2.01. The van der Waals surface area contributed by atoms with Crippen LogP contribution in [-0.4, -0.2) is 19.3 Å². The SMILES string of the molecule is COc1ccc(CNc2cc(OC)ccc2Cl)c(O)c1. The number of benzene rings is 2. The van der Waals surface area contributed by atoms with E-state index >= 15 is 0 Å². The summed E-state index contributed by atoms with van der Waals surface area (Å²) in [6.45, 7) is 0.447. The van der Waals surface area contributed by atoms with E-state index in [0.717, 1.165) is 17.0 Å². The molecule has 5 heteroatoms. The smallest absolute Gasteiger partial charge is 0.124 e. The Morgan fingerprint density at radius 3 is 2.35 bits per heavy atom. The summed E-state index contributed by atoms with van der Waals surface area (Å²) < 4.78 is 10.2. The third-order valence-corrected chi connectivity index (χ3v) is 3.26. The van der Waals surface area contributed by atoms with Gasteiger partial charge < -0.3 is 19.9 Å². The average Bonchev–Trinajstić information content (AvgIpc) is 2.47. The number of phenolic OH excluding ortho intramolecular Hbond substituents is 1. The van der Waals surface area contributed by atoms with E-state index < -0.39 is 0 Å². The zero-order valence-electron chi connectivity index (χ0n) is 11.3. The van der Waals surface area contributed by atoms with Gasteiger partial charge in [0.2, 0.25) is 0 Å². The largest absolute Gasteiger partial charge is 0.507 e. The summed E-state index contributed by atoms with van der Waals surface area (Å²) in [6.07, 6.45) is 0. The fourth-order valence-electron chi connectivity index (χ4n) is 1.78. The molecule has 0 fully saturated rings. The molecular weight excluding hydrogens is 278 g/mol. The summed E-state index contributed by atoms with van der Waals surface area (Å²) >= 11 is 6.11. The summed E-state index contributed by atoms with van der Waals surface area (Å²) in [6, 6.07) is 10.5. The van der Waals surface area contributed by atoms with Crippen LogP contribution >= 0.6 is 11.6 Å². The van der Waals surface area contributed by atoms with Crippen molar-refractivity contribution in [3.8, 4) is 17.2 Å². The topological polar surface area (TPSA) is 50.7 Å². The summed E-state index contributed by atoms with van der Waals surface area (Å²) in [7, 11) is 3.16. The monoisotopic (exact) mass is 293 g/mol. The standard InChI is InChI=1S/C15H16ClNO3/c1-19-11-5-6-13(16)14(7-11)17-9-10-3-4-12(20-2)8-15(10)18/h3-8,17-18H,9H2,1-2H3. The molecule has 4 nitrogen and oxygen atoms in total. The number of ether oxygens (including phenoxy) is 2. The predicted octanol–water partition coefficient (Wildman–Crippen LogP) is 3.67. The Kier molecular flexibility index (Phi) is 4.58. The Bertz CT molecular complexity index is 602. The normalized spacial score (nSPS) is 10.2. The molecule has 2 rings (SSSR count). The Morgan fingerprint density at radius 2 is 1.70 bits per heavy atom. The minimum Gasteiger partial charge on any atom is -0.507 e. The van der Waals surface area contributed by atoms with Crippen LogP contribution in [0.5, 0.6) is 17.2 Å². The van der Waals surface area contributed by atoms with Crippen LogP contribution in [0.25, 0.3) is 0 Å². The number of methoxy groups -OCH3 is 2. The van der Waals surface area contributed by atoms with E-state index in [0.29, 0.717) is 17.3 Å². The maximum atomic E-state index is 9.89. The number of phenols is 1. The highest BCUT2D eigenvalue weighted by atomic mass is 35.5. The number of rotatable bonds is 5. The Morgan fingerprint density at radius 1 is 1.05 bits per heavy atom. The molecule has 2 aromatic carbocycles. The van der Waals surface area contributed by atoms with E-state index in [1.165, 1.54) is 0 Å². The first-order valence-corrected chi connectivity index (χ1v) is 6.45. The van der Waals surface area contributed by atoms with Crippen LogP contribution in [0.4, 0.5) is 5.69 Å². The van der Waals surface area contributed by atoms with E-state index in [2.05, 4.69) is 5.32 Å². The lowest BCUT2D eigenvalue weighted by Gasteiger charge is -2.11. The zero-order chi connectivity index (χ0) is 14.5. The highest BCUT2D eigenvalue weighted by Gasteiger charge is 2.06. The van der Waals surface area contributed by atoms with Gasteiger partial charge in [-0.15, -0.1) is 0 Å². The first-order chi connectivity index (χ1) is 9.63. The highest BCUT2D eigenvalue weighted by Crippen LogP contribution is 2.29. The zero-order valence-corrected chi connectivity index (χ0v) is 12.1. The molecule has 0 saturated heterocycles. The van der Waals surface area contributed by atoms with Crippen LogP contribution in [0, 0.1) is 0 Å². The van der Waals surface area contributed by atoms with Crippen molar-refractivity contribution in [1.82, 2.24) is 0 Å². The van der Waals surface area contributed by atoms with Gasteiger partial charge in [0.05, 0.1) is 24.9 Å². The highest BCUT2D eigenvalue weighted by molar-refractivity contribution is 6.33. The third-order valence-electron chi connectivity index (χ3n) is 2.94.